The molecule has 0 aliphatic rings. The van der Waals surface area contributed by atoms with Crippen LogP contribution in [0.25, 0.3) is 0 Å². The van der Waals surface area contributed by atoms with E-state index in [9.17, 15) is 0 Å². The maximum atomic E-state index is 3.97. The Balaban J connectivity index is 3.44. The fourth-order valence-corrected chi connectivity index (χ4v) is 0.934. The molecule has 4 heteroatoms. The van der Waals surface area contributed by atoms with Crippen molar-refractivity contribution >= 4 is 6.21 Å². The molecule has 1 N–H and O–H groups in total. The van der Waals surface area contributed by atoms with Crippen LogP contribution in [0.5, 0.6) is 0 Å². The average molecular weight is 212 g/mol. The van der Waals surface area contributed by atoms with Crippen LogP contribution >= 0.6 is 0 Å². The highest BCUT2D eigenvalue weighted by Gasteiger charge is 1.95. The zero-order valence-corrected chi connectivity index (χ0v) is 10.4. The average Bonchev–Trinajstić information content (AvgIpc) is 2.20. The summed E-state index contributed by atoms with van der Waals surface area (Å²) < 4.78 is 0. The molecule has 0 aromatic rings. The molecule has 0 atom stereocenters. The van der Waals surface area contributed by atoms with Crippen LogP contribution in [0, 0.1) is 0 Å². The highest BCUT2D eigenvalue weighted by Crippen LogP contribution is 1.84. The largest absolute Gasteiger partial charge is 0.308 e. The van der Waals surface area contributed by atoms with Gasteiger partial charge in [0.2, 0.25) is 0 Å². The molecule has 4 nitrogen and oxygen atoms in total. The summed E-state index contributed by atoms with van der Waals surface area (Å²) in [6.45, 7) is 5.17. The van der Waals surface area contributed by atoms with E-state index in [0.717, 1.165) is 26.1 Å². The molecule has 0 saturated heterocycles. The topological polar surface area (TPSA) is 30.9 Å². The molecule has 0 aliphatic heterocycles. The van der Waals surface area contributed by atoms with E-state index >= 15 is 0 Å². The van der Waals surface area contributed by atoms with Gasteiger partial charge >= 0.3 is 0 Å². The van der Waals surface area contributed by atoms with Crippen molar-refractivity contribution in [3.8, 4) is 0 Å². The fourth-order valence-electron chi connectivity index (χ4n) is 0.934. The molecule has 15 heavy (non-hydrogen) atoms. The Morgan fingerprint density at radius 3 is 2.53 bits per heavy atom. The highest BCUT2D eigenvalue weighted by atomic mass is 15.3. The lowest BCUT2D eigenvalue weighted by molar-refractivity contribution is 0.302. The van der Waals surface area contributed by atoms with Gasteiger partial charge in [-0.1, -0.05) is 13.0 Å². The molecule has 0 fully saturated rings. The SMILES string of the molecule is CC/C=N/N/C=C/CN(C)CCN(C)C. The van der Waals surface area contributed by atoms with Crippen molar-refractivity contribution in [2.45, 2.75) is 13.3 Å². The molecule has 88 valence electrons. The summed E-state index contributed by atoms with van der Waals surface area (Å²) in [7, 11) is 6.29. The Morgan fingerprint density at radius 1 is 1.20 bits per heavy atom. The van der Waals surface area contributed by atoms with E-state index in [0.29, 0.717) is 0 Å². The van der Waals surface area contributed by atoms with E-state index in [1.54, 1.807) is 0 Å². The standard InChI is InChI=1S/C11H24N4/c1-5-7-12-13-8-6-9-15(4)11-10-14(2)3/h6-8,13H,5,9-11H2,1-4H3/b8-6+,12-7+. The number of hydrogen-bond donors (Lipinski definition) is 1. The molecule has 0 amide bonds. The highest BCUT2D eigenvalue weighted by molar-refractivity contribution is 5.56. The lowest BCUT2D eigenvalue weighted by atomic mass is 10.4. The van der Waals surface area contributed by atoms with E-state index in [-0.39, 0.29) is 0 Å². The third-order valence-corrected chi connectivity index (χ3v) is 1.89. The van der Waals surface area contributed by atoms with Gasteiger partial charge in [0.1, 0.15) is 0 Å². The van der Waals surface area contributed by atoms with Crippen LogP contribution in [0.2, 0.25) is 0 Å². The van der Waals surface area contributed by atoms with E-state index in [2.05, 4.69) is 54.5 Å². The summed E-state index contributed by atoms with van der Waals surface area (Å²) in [6.07, 6.45) is 6.75. The smallest absolute Gasteiger partial charge is 0.0243 e. The third kappa shape index (κ3) is 11.1. The van der Waals surface area contributed by atoms with Crippen molar-refractivity contribution in [1.82, 2.24) is 15.2 Å². The Bertz CT molecular complexity index is 187. The molecule has 0 bridgehead atoms. The second kappa shape index (κ2) is 9.68. The van der Waals surface area contributed by atoms with Crippen LogP contribution in [0.15, 0.2) is 17.4 Å². The van der Waals surface area contributed by atoms with Crippen molar-refractivity contribution in [2.75, 3.05) is 40.8 Å². The number of rotatable bonds is 8. The zero-order chi connectivity index (χ0) is 11.5. The maximum absolute atomic E-state index is 3.97. The van der Waals surface area contributed by atoms with Gasteiger partial charge in [-0.3, -0.25) is 5.43 Å². The summed E-state index contributed by atoms with van der Waals surface area (Å²) in [5, 5.41) is 3.97. The monoisotopic (exact) mass is 212 g/mol. The number of nitrogens with one attached hydrogen (secondary N) is 1. The van der Waals surface area contributed by atoms with Gasteiger partial charge in [-0.05, 0) is 27.6 Å². The molecule has 0 unspecified atom stereocenters. The minimum atomic E-state index is 0.947. The van der Waals surface area contributed by atoms with E-state index in [4.69, 9.17) is 0 Å². The van der Waals surface area contributed by atoms with Gasteiger partial charge in [-0.2, -0.15) is 5.10 Å². The predicted octanol–water partition coefficient (Wildman–Crippen LogP) is 0.979. The van der Waals surface area contributed by atoms with E-state index in [1.165, 1.54) is 0 Å². The summed E-state index contributed by atoms with van der Waals surface area (Å²) in [5.74, 6) is 0. The van der Waals surface area contributed by atoms with Crippen LogP contribution in [0.1, 0.15) is 13.3 Å². The van der Waals surface area contributed by atoms with E-state index < -0.39 is 0 Å². The van der Waals surface area contributed by atoms with Gasteiger partial charge < -0.3 is 9.80 Å². The molecule has 0 saturated carbocycles. The van der Waals surface area contributed by atoms with Gasteiger partial charge in [-0.25, -0.2) is 0 Å². The van der Waals surface area contributed by atoms with Crippen molar-refractivity contribution < 1.29 is 0 Å². The lowest BCUT2D eigenvalue weighted by Gasteiger charge is -2.17. The van der Waals surface area contributed by atoms with Crippen LogP contribution in [-0.2, 0) is 0 Å². The van der Waals surface area contributed by atoms with Crippen molar-refractivity contribution in [3.63, 3.8) is 0 Å². The molecule has 0 heterocycles. The minimum Gasteiger partial charge on any atom is -0.308 e. The number of hydrogen-bond acceptors (Lipinski definition) is 4. The first-order valence-electron chi connectivity index (χ1n) is 5.42. The molecule has 0 radical (unpaired) electrons. The van der Waals surface area contributed by atoms with Gasteiger partial charge in [0.25, 0.3) is 0 Å². The first kappa shape index (κ1) is 14.1. The number of likely N-dealkylation sites (N-methyl/N-ethyl adjacent to an activating group) is 2. The molecule has 0 aromatic heterocycles. The first-order chi connectivity index (χ1) is 7.16. The second-order valence-corrected chi connectivity index (χ2v) is 3.82. The lowest BCUT2D eigenvalue weighted by Crippen LogP contribution is -2.28. The Hall–Kier alpha value is -0.870. The van der Waals surface area contributed by atoms with Gasteiger partial charge in [0.05, 0.1) is 0 Å². The maximum Gasteiger partial charge on any atom is 0.0243 e. The summed E-state index contributed by atoms with van der Waals surface area (Å²) >= 11 is 0. The van der Waals surface area contributed by atoms with E-state index in [1.807, 2.05) is 12.4 Å². The summed E-state index contributed by atoms with van der Waals surface area (Å²) in [5.41, 5.74) is 2.86. The van der Waals surface area contributed by atoms with Gasteiger partial charge in [0.15, 0.2) is 0 Å². The molecule has 0 spiro atoms. The Kier molecular flexibility index (Phi) is 9.11. The zero-order valence-electron chi connectivity index (χ0n) is 10.4. The van der Waals surface area contributed by atoms with Gasteiger partial charge in [-0.15, -0.1) is 0 Å². The van der Waals surface area contributed by atoms with Crippen LogP contribution in [0.4, 0.5) is 0 Å². The normalized spacial score (nSPS) is 12.4. The van der Waals surface area contributed by atoms with Gasteiger partial charge in [0, 0.05) is 32.0 Å². The molecule has 0 rings (SSSR count). The van der Waals surface area contributed by atoms with Crippen molar-refractivity contribution in [1.29, 1.82) is 0 Å². The Morgan fingerprint density at radius 2 is 1.93 bits per heavy atom. The molecule has 0 aliphatic carbocycles. The molecular formula is C11H24N4. The van der Waals surface area contributed by atoms with Crippen molar-refractivity contribution in [2.24, 2.45) is 5.10 Å². The van der Waals surface area contributed by atoms with Crippen molar-refractivity contribution in [3.05, 3.63) is 12.3 Å². The van der Waals surface area contributed by atoms with Crippen LogP contribution in [0.3, 0.4) is 0 Å². The Labute approximate surface area is 93.6 Å². The summed E-state index contributed by atoms with van der Waals surface area (Å²) in [4.78, 5) is 4.45. The summed E-state index contributed by atoms with van der Waals surface area (Å²) in [6, 6.07) is 0. The predicted molar refractivity (Wildman–Crippen MR) is 67.1 cm³/mol. The van der Waals surface area contributed by atoms with Crippen LogP contribution in [-0.4, -0.2) is 56.8 Å². The third-order valence-electron chi connectivity index (χ3n) is 1.89. The quantitative estimate of drug-likeness (QED) is 0.480. The second-order valence-electron chi connectivity index (χ2n) is 3.82. The number of hydrazone groups is 1. The fraction of sp³-hybridized carbons (Fsp3) is 0.727. The molecular weight excluding hydrogens is 188 g/mol. The molecule has 0 aromatic carbocycles. The first-order valence-corrected chi connectivity index (χ1v) is 5.42. The number of nitrogens with zero attached hydrogens (tertiary/aromatic N) is 3. The van der Waals surface area contributed by atoms with Crippen LogP contribution < -0.4 is 5.43 Å². The minimum absolute atomic E-state index is 0.947.